The molecule has 0 saturated carbocycles. The van der Waals surface area contributed by atoms with E-state index in [0.717, 1.165) is 29.7 Å². The quantitative estimate of drug-likeness (QED) is 0.613. The van der Waals surface area contributed by atoms with Gasteiger partial charge in [0.2, 0.25) is 0 Å². The van der Waals surface area contributed by atoms with E-state index in [1.165, 1.54) is 11.9 Å². The molecule has 1 aliphatic heterocycles. The summed E-state index contributed by atoms with van der Waals surface area (Å²) in [6.07, 6.45) is 5.22. The molecule has 1 aromatic heterocycles. The fraction of sp³-hybridized carbons (Fsp3) is 0.348. The molecule has 3 rings (SSSR count). The summed E-state index contributed by atoms with van der Waals surface area (Å²) in [7, 11) is 1.53. The third kappa shape index (κ3) is 4.47. The molecule has 0 spiro atoms. The Morgan fingerprint density at radius 2 is 1.69 bits per heavy atom. The Kier molecular flexibility index (Phi) is 6.65. The highest BCUT2D eigenvalue weighted by Crippen LogP contribution is 2.31. The van der Waals surface area contributed by atoms with Gasteiger partial charge in [0.15, 0.2) is 0 Å². The molecular weight excluding hydrogens is 366 g/mol. The van der Waals surface area contributed by atoms with E-state index in [9.17, 15) is 9.59 Å². The molecule has 0 bridgehead atoms. The molecule has 29 heavy (non-hydrogen) atoms. The second-order valence-electron chi connectivity index (χ2n) is 6.95. The molecule has 1 aliphatic rings. The lowest BCUT2D eigenvalue weighted by Crippen LogP contribution is -2.33. The maximum atomic E-state index is 12.9. The van der Waals surface area contributed by atoms with Crippen molar-refractivity contribution in [2.75, 3.05) is 26.7 Å². The van der Waals surface area contributed by atoms with Gasteiger partial charge in [-0.15, -0.1) is 0 Å². The molecule has 6 nitrogen and oxygen atoms in total. The van der Waals surface area contributed by atoms with Gasteiger partial charge in [0.1, 0.15) is 11.4 Å². The van der Waals surface area contributed by atoms with Crippen molar-refractivity contribution in [1.82, 2.24) is 14.8 Å². The number of carbonyl (C=O) groups is 2. The van der Waals surface area contributed by atoms with Crippen LogP contribution in [0.25, 0.3) is 5.57 Å². The molecule has 2 aromatic rings. The number of nitrogens with zero attached hydrogens (tertiary/aromatic N) is 3. The molecule has 2 amide bonds. The molecule has 1 aromatic carbocycles. The highest BCUT2D eigenvalue weighted by Gasteiger charge is 2.39. The summed E-state index contributed by atoms with van der Waals surface area (Å²) in [6, 6.07) is 11.3. The molecule has 0 aliphatic carbocycles. The van der Waals surface area contributed by atoms with Crippen molar-refractivity contribution in [3.63, 3.8) is 0 Å². The largest absolute Gasteiger partial charge is 0.494 e. The standard InChI is InChI=1S/C23H27N3O3/c1-4-16-29-19-8-6-18(7-9-19)20-21(23(28)25(3)22(20)27)26(5-2)15-12-17-10-13-24-14-11-17/h6-11,13-14H,4-5,12,15-16H2,1-3H3. The van der Waals surface area contributed by atoms with Crippen molar-refractivity contribution in [3.05, 3.63) is 65.6 Å². The molecule has 0 radical (unpaired) electrons. The molecule has 0 atom stereocenters. The summed E-state index contributed by atoms with van der Waals surface area (Å²) in [5, 5.41) is 0. The lowest BCUT2D eigenvalue weighted by molar-refractivity contribution is -0.135. The summed E-state index contributed by atoms with van der Waals surface area (Å²) in [6.45, 7) is 5.97. The van der Waals surface area contributed by atoms with Gasteiger partial charge in [-0.05, 0) is 55.2 Å². The second kappa shape index (κ2) is 9.37. The first kappa shape index (κ1) is 20.6. The number of amides is 2. The highest BCUT2D eigenvalue weighted by molar-refractivity contribution is 6.35. The minimum absolute atomic E-state index is 0.257. The van der Waals surface area contributed by atoms with Gasteiger partial charge >= 0.3 is 0 Å². The first-order valence-electron chi connectivity index (χ1n) is 10.0. The monoisotopic (exact) mass is 393 g/mol. The predicted octanol–water partition coefficient (Wildman–Crippen LogP) is 3.14. The smallest absolute Gasteiger partial charge is 0.277 e. The first-order chi connectivity index (χ1) is 14.1. The van der Waals surface area contributed by atoms with Crippen LogP contribution >= 0.6 is 0 Å². The van der Waals surface area contributed by atoms with Gasteiger partial charge in [-0.1, -0.05) is 19.1 Å². The van der Waals surface area contributed by atoms with Crippen LogP contribution in [0.5, 0.6) is 5.75 Å². The summed E-state index contributed by atoms with van der Waals surface area (Å²) >= 11 is 0. The van der Waals surface area contributed by atoms with E-state index >= 15 is 0 Å². The van der Waals surface area contributed by atoms with Gasteiger partial charge in [-0.25, -0.2) is 0 Å². The normalized spacial score (nSPS) is 14.0. The number of pyridine rings is 1. The SMILES string of the molecule is CCCOc1ccc(C2=C(N(CC)CCc3ccncc3)C(=O)N(C)C2=O)cc1. The van der Waals surface area contributed by atoms with Gasteiger partial charge in [-0.2, -0.15) is 0 Å². The second-order valence-corrected chi connectivity index (χ2v) is 6.95. The summed E-state index contributed by atoms with van der Waals surface area (Å²) in [4.78, 5) is 33.0. The number of ether oxygens (including phenoxy) is 1. The molecule has 0 N–H and O–H groups in total. The Morgan fingerprint density at radius 1 is 1.00 bits per heavy atom. The van der Waals surface area contributed by atoms with Crippen LogP contribution in [-0.4, -0.2) is 53.3 Å². The molecule has 0 saturated heterocycles. The summed E-state index contributed by atoms with van der Waals surface area (Å²) in [5.74, 6) is 0.232. The highest BCUT2D eigenvalue weighted by atomic mass is 16.5. The fourth-order valence-corrected chi connectivity index (χ4v) is 3.36. The Bertz CT molecular complexity index is 891. The van der Waals surface area contributed by atoms with Crippen molar-refractivity contribution >= 4 is 17.4 Å². The molecule has 152 valence electrons. The van der Waals surface area contributed by atoms with Crippen molar-refractivity contribution in [2.45, 2.75) is 26.7 Å². The Hall–Kier alpha value is -3.15. The van der Waals surface area contributed by atoms with Gasteiger partial charge in [0, 0.05) is 32.5 Å². The number of aromatic nitrogens is 1. The van der Waals surface area contributed by atoms with Crippen molar-refractivity contribution in [1.29, 1.82) is 0 Å². The zero-order valence-electron chi connectivity index (χ0n) is 17.2. The van der Waals surface area contributed by atoms with Crippen LogP contribution in [0, 0.1) is 0 Å². The van der Waals surface area contributed by atoms with Gasteiger partial charge in [-0.3, -0.25) is 19.5 Å². The van der Waals surface area contributed by atoms with Crippen LogP contribution in [0.3, 0.4) is 0 Å². The van der Waals surface area contributed by atoms with Crippen LogP contribution in [0.1, 0.15) is 31.4 Å². The maximum Gasteiger partial charge on any atom is 0.277 e. The lowest BCUT2D eigenvalue weighted by atomic mass is 10.0. The van der Waals surface area contributed by atoms with E-state index in [1.807, 2.05) is 48.2 Å². The average Bonchev–Trinajstić information content (AvgIpc) is 2.98. The van der Waals surface area contributed by atoms with E-state index in [4.69, 9.17) is 4.74 Å². The maximum absolute atomic E-state index is 12.9. The van der Waals surface area contributed by atoms with Crippen LogP contribution in [0.15, 0.2) is 54.5 Å². The Labute approximate surface area is 171 Å². The zero-order chi connectivity index (χ0) is 20.8. The van der Waals surface area contributed by atoms with E-state index in [-0.39, 0.29) is 11.8 Å². The van der Waals surface area contributed by atoms with Crippen LogP contribution in [0.4, 0.5) is 0 Å². The third-order valence-corrected chi connectivity index (χ3v) is 5.00. The van der Waals surface area contributed by atoms with Crippen molar-refractivity contribution in [3.8, 4) is 5.75 Å². The van der Waals surface area contributed by atoms with Crippen molar-refractivity contribution in [2.24, 2.45) is 0 Å². The summed E-state index contributed by atoms with van der Waals surface area (Å²) < 4.78 is 5.63. The topological polar surface area (TPSA) is 62.7 Å². The van der Waals surface area contributed by atoms with E-state index in [2.05, 4.69) is 11.9 Å². The number of likely N-dealkylation sites (N-methyl/N-ethyl adjacent to an activating group) is 2. The van der Waals surface area contributed by atoms with E-state index in [1.54, 1.807) is 12.4 Å². The fourth-order valence-electron chi connectivity index (χ4n) is 3.36. The lowest BCUT2D eigenvalue weighted by Gasteiger charge is -2.24. The van der Waals surface area contributed by atoms with Gasteiger partial charge in [0.05, 0.1) is 12.2 Å². The number of imide groups is 1. The first-order valence-corrected chi connectivity index (χ1v) is 10.0. The molecule has 2 heterocycles. The molecule has 6 heteroatoms. The van der Waals surface area contributed by atoms with Crippen LogP contribution in [0.2, 0.25) is 0 Å². The van der Waals surface area contributed by atoms with Crippen molar-refractivity contribution < 1.29 is 14.3 Å². The molecular formula is C23H27N3O3. The summed E-state index contributed by atoms with van der Waals surface area (Å²) in [5.41, 5.74) is 2.80. The molecule has 0 fully saturated rings. The minimum Gasteiger partial charge on any atom is -0.494 e. The Balaban J connectivity index is 1.90. The van der Waals surface area contributed by atoms with Crippen LogP contribution in [-0.2, 0) is 16.0 Å². The average molecular weight is 393 g/mol. The van der Waals surface area contributed by atoms with Gasteiger partial charge < -0.3 is 9.64 Å². The third-order valence-electron chi connectivity index (χ3n) is 5.00. The minimum atomic E-state index is -0.269. The Morgan fingerprint density at radius 3 is 2.31 bits per heavy atom. The number of benzene rings is 1. The zero-order valence-corrected chi connectivity index (χ0v) is 17.2. The van der Waals surface area contributed by atoms with Gasteiger partial charge in [0.25, 0.3) is 11.8 Å². The number of hydrogen-bond donors (Lipinski definition) is 0. The van der Waals surface area contributed by atoms with E-state index < -0.39 is 0 Å². The number of hydrogen-bond acceptors (Lipinski definition) is 5. The number of rotatable bonds is 9. The molecule has 0 unspecified atom stereocenters. The van der Waals surface area contributed by atoms with E-state index in [0.29, 0.717) is 31.0 Å². The predicted molar refractivity (Wildman–Crippen MR) is 112 cm³/mol. The number of carbonyl (C=O) groups excluding carboxylic acids is 2. The van der Waals surface area contributed by atoms with Crippen LogP contribution < -0.4 is 4.74 Å².